The zero-order valence-electron chi connectivity index (χ0n) is 14.5. The molecule has 0 saturated heterocycles. The van der Waals surface area contributed by atoms with E-state index in [-0.39, 0.29) is 16.4 Å². The smallest absolute Gasteiger partial charge is 0.282 e. The lowest BCUT2D eigenvalue weighted by Crippen LogP contribution is -2.32. The first kappa shape index (κ1) is 17.9. The maximum absolute atomic E-state index is 12.6. The lowest BCUT2D eigenvalue weighted by atomic mass is 9.83. The fourth-order valence-electron chi connectivity index (χ4n) is 2.84. The molecule has 1 atom stereocenters. The zero-order chi connectivity index (χ0) is 17.3. The third kappa shape index (κ3) is 4.09. The van der Waals surface area contributed by atoms with Crippen LogP contribution in [0.4, 0.5) is 0 Å². The van der Waals surface area contributed by atoms with Gasteiger partial charge in [0, 0.05) is 7.11 Å². The van der Waals surface area contributed by atoms with Crippen LogP contribution in [0.3, 0.4) is 0 Å². The van der Waals surface area contributed by atoms with Crippen LogP contribution in [0.2, 0.25) is 0 Å². The highest BCUT2D eigenvalue weighted by atomic mass is 32.2. The first-order chi connectivity index (χ1) is 10.6. The predicted molar refractivity (Wildman–Crippen MR) is 93.4 cm³/mol. The van der Waals surface area contributed by atoms with E-state index >= 15 is 0 Å². The summed E-state index contributed by atoms with van der Waals surface area (Å²) in [5.74, 6) is 0. The number of methoxy groups -OCH3 is 1. The Morgan fingerprint density at radius 3 is 2.30 bits per heavy atom. The van der Waals surface area contributed by atoms with Crippen LogP contribution in [0, 0.1) is 12.3 Å². The molecule has 0 spiro atoms. The normalized spacial score (nSPS) is 19.0. The number of aryl methyl sites for hydroxylation is 1. The molecule has 1 aliphatic rings. The Balaban J connectivity index is 2.38. The van der Waals surface area contributed by atoms with Crippen LogP contribution in [0.15, 0.2) is 45.2 Å². The molecule has 5 heteroatoms. The van der Waals surface area contributed by atoms with Gasteiger partial charge in [-0.15, -0.1) is 0 Å². The van der Waals surface area contributed by atoms with Crippen LogP contribution in [-0.4, -0.2) is 27.3 Å². The van der Waals surface area contributed by atoms with E-state index in [9.17, 15) is 8.42 Å². The van der Waals surface area contributed by atoms with Gasteiger partial charge in [-0.1, -0.05) is 44.5 Å². The highest BCUT2D eigenvalue weighted by Crippen LogP contribution is 2.33. The van der Waals surface area contributed by atoms with Crippen LogP contribution in [0.5, 0.6) is 0 Å². The molecule has 0 bridgehead atoms. The van der Waals surface area contributed by atoms with E-state index in [0.29, 0.717) is 12.1 Å². The Bertz CT molecular complexity index is 723. The molecule has 4 nitrogen and oxygen atoms in total. The molecule has 1 aliphatic carbocycles. The number of hydrogen-bond acceptors (Lipinski definition) is 3. The van der Waals surface area contributed by atoms with Gasteiger partial charge in [0.05, 0.1) is 16.7 Å². The van der Waals surface area contributed by atoms with Gasteiger partial charge in [-0.25, -0.2) is 0 Å². The van der Waals surface area contributed by atoms with Gasteiger partial charge in [-0.3, -0.25) is 0 Å². The highest BCUT2D eigenvalue weighted by molar-refractivity contribution is 7.90. The summed E-state index contributed by atoms with van der Waals surface area (Å²) in [6.45, 7) is 8.15. The number of allylic oxidation sites excluding steroid dienone is 1. The van der Waals surface area contributed by atoms with Crippen molar-refractivity contribution in [3.8, 4) is 0 Å². The summed E-state index contributed by atoms with van der Waals surface area (Å²) >= 11 is 0. The largest absolute Gasteiger partial charge is 0.376 e. The topological polar surface area (TPSA) is 55.7 Å². The third-order valence-corrected chi connectivity index (χ3v) is 5.26. The van der Waals surface area contributed by atoms with Crippen molar-refractivity contribution in [3.63, 3.8) is 0 Å². The lowest BCUT2D eigenvalue weighted by molar-refractivity contribution is 0.0489. The predicted octanol–water partition coefficient (Wildman–Crippen LogP) is 3.91. The van der Waals surface area contributed by atoms with E-state index < -0.39 is 10.0 Å². The van der Waals surface area contributed by atoms with Gasteiger partial charge in [-0.05, 0) is 42.9 Å². The van der Waals surface area contributed by atoms with Crippen molar-refractivity contribution >= 4 is 15.7 Å². The Morgan fingerprint density at radius 1 is 1.17 bits per heavy atom. The number of rotatable bonds is 4. The fourth-order valence-corrected chi connectivity index (χ4v) is 3.91. The van der Waals surface area contributed by atoms with Gasteiger partial charge in [-0.2, -0.15) is 12.8 Å². The Hall–Kier alpha value is -1.46. The molecule has 126 valence electrons. The molecule has 0 radical (unpaired) electrons. The quantitative estimate of drug-likeness (QED) is 0.838. The summed E-state index contributed by atoms with van der Waals surface area (Å²) < 4.78 is 34.8. The van der Waals surface area contributed by atoms with Crippen molar-refractivity contribution in [1.82, 2.24) is 0 Å². The van der Waals surface area contributed by atoms with Crippen molar-refractivity contribution in [1.29, 1.82) is 0 Å². The maximum atomic E-state index is 12.6. The van der Waals surface area contributed by atoms with Crippen LogP contribution < -0.4 is 0 Å². The number of ether oxygens (including phenoxy) is 1. The number of hydrogen-bond donors (Lipinski definition) is 0. The minimum atomic E-state index is -3.69. The highest BCUT2D eigenvalue weighted by Gasteiger charge is 2.33. The van der Waals surface area contributed by atoms with Gasteiger partial charge < -0.3 is 4.74 Å². The Morgan fingerprint density at radius 2 is 1.78 bits per heavy atom. The molecule has 1 aromatic carbocycles. The number of benzene rings is 1. The minimum Gasteiger partial charge on any atom is -0.376 e. The SMILES string of the molecule is COC(C1=CCC/C1=N\S(=O)(=O)c1ccc(C)cc1)C(C)(C)C. The molecule has 0 fully saturated rings. The Labute approximate surface area is 139 Å². The summed E-state index contributed by atoms with van der Waals surface area (Å²) in [4.78, 5) is 0.228. The molecule has 0 saturated carbocycles. The summed E-state index contributed by atoms with van der Waals surface area (Å²) in [5.41, 5.74) is 2.41. The second kappa shape index (κ2) is 6.57. The van der Waals surface area contributed by atoms with Crippen molar-refractivity contribution in [2.45, 2.75) is 51.5 Å². The molecule has 0 N–H and O–H groups in total. The van der Waals surface area contributed by atoms with E-state index in [1.807, 2.05) is 13.0 Å². The van der Waals surface area contributed by atoms with Gasteiger partial charge in [0.1, 0.15) is 0 Å². The molecule has 0 heterocycles. The lowest BCUT2D eigenvalue weighted by Gasteiger charge is -2.30. The molecule has 0 aliphatic heterocycles. The van der Waals surface area contributed by atoms with Crippen LogP contribution in [-0.2, 0) is 14.8 Å². The molecule has 1 aromatic rings. The molecular formula is C18H25NO3S. The molecule has 0 amide bonds. The van der Waals surface area contributed by atoms with Crippen LogP contribution in [0.25, 0.3) is 0 Å². The summed E-state index contributed by atoms with van der Waals surface area (Å²) in [7, 11) is -2.04. The van der Waals surface area contributed by atoms with E-state index in [1.54, 1.807) is 31.4 Å². The standard InChI is InChI=1S/C18H25NO3S/c1-13-9-11-14(12-10-13)23(20,21)19-16-8-6-7-15(16)17(22-5)18(2,3)4/h7,9-12,17H,6,8H2,1-5H3/b19-16+. The average molecular weight is 335 g/mol. The molecule has 2 rings (SSSR count). The Kier molecular flexibility index (Phi) is 5.11. The minimum absolute atomic E-state index is 0.126. The second-order valence-electron chi connectivity index (χ2n) is 7.01. The summed E-state index contributed by atoms with van der Waals surface area (Å²) in [6.07, 6.45) is 3.31. The van der Waals surface area contributed by atoms with Crippen molar-refractivity contribution in [2.75, 3.05) is 7.11 Å². The van der Waals surface area contributed by atoms with Crippen LogP contribution in [0.1, 0.15) is 39.2 Å². The molecule has 1 unspecified atom stereocenters. The summed E-state index contributed by atoms with van der Waals surface area (Å²) in [6, 6.07) is 6.77. The van der Waals surface area contributed by atoms with Crippen molar-refractivity contribution in [2.24, 2.45) is 9.81 Å². The van der Waals surface area contributed by atoms with E-state index in [4.69, 9.17) is 4.74 Å². The van der Waals surface area contributed by atoms with E-state index in [2.05, 4.69) is 25.2 Å². The summed E-state index contributed by atoms with van der Waals surface area (Å²) in [5, 5.41) is 0. The second-order valence-corrected chi connectivity index (χ2v) is 8.61. The molecule has 23 heavy (non-hydrogen) atoms. The third-order valence-electron chi connectivity index (χ3n) is 3.93. The monoisotopic (exact) mass is 335 g/mol. The maximum Gasteiger partial charge on any atom is 0.282 e. The van der Waals surface area contributed by atoms with Crippen LogP contribution >= 0.6 is 0 Å². The zero-order valence-corrected chi connectivity index (χ0v) is 15.3. The number of nitrogens with zero attached hydrogens (tertiary/aromatic N) is 1. The molecule has 0 aromatic heterocycles. The van der Waals surface area contributed by atoms with Gasteiger partial charge in [0.15, 0.2) is 0 Å². The van der Waals surface area contributed by atoms with Crippen molar-refractivity contribution < 1.29 is 13.2 Å². The van der Waals surface area contributed by atoms with Gasteiger partial charge >= 0.3 is 0 Å². The van der Waals surface area contributed by atoms with Gasteiger partial charge in [0.25, 0.3) is 10.0 Å². The molecular weight excluding hydrogens is 310 g/mol. The van der Waals surface area contributed by atoms with E-state index in [0.717, 1.165) is 17.6 Å². The average Bonchev–Trinajstić information content (AvgIpc) is 2.86. The first-order valence-electron chi connectivity index (χ1n) is 7.79. The van der Waals surface area contributed by atoms with Crippen molar-refractivity contribution in [3.05, 3.63) is 41.5 Å². The first-order valence-corrected chi connectivity index (χ1v) is 9.23. The number of sulfonamides is 1. The fraction of sp³-hybridized carbons (Fsp3) is 0.500. The van der Waals surface area contributed by atoms with Gasteiger partial charge in [0.2, 0.25) is 0 Å². The van der Waals surface area contributed by atoms with E-state index in [1.165, 1.54) is 0 Å².